The Morgan fingerprint density at radius 1 is 1.14 bits per heavy atom. The van der Waals surface area contributed by atoms with Gasteiger partial charge in [0.25, 0.3) is 11.7 Å². The Hall–Kier alpha value is -3.81. The molecule has 3 aromatic heterocycles. The predicted molar refractivity (Wildman–Crippen MR) is 109 cm³/mol. The average Bonchev–Trinajstić information content (AvgIpc) is 3.44. The summed E-state index contributed by atoms with van der Waals surface area (Å²) in [5.74, 6) is 1.72. The van der Waals surface area contributed by atoms with Crippen LogP contribution in [0.25, 0.3) is 17.2 Å². The molecule has 1 amide bonds. The lowest BCUT2D eigenvalue weighted by atomic mass is 10.2. The summed E-state index contributed by atoms with van der Waals surface area (Å²) in [6.07, 6.45) is 5.55. The van der Waals surface area contributed by atoms with Gasteiger partial charge >= 0.3 is 0 Å². The van der Waals surface area contributed by atoms with Crippen molar-refractivity contribution < 1.29 is 4.79 Å². The molecule has 1 aromatic carbocycles. The third-order valence-electron chi connectivity index (χ3n) is 4.67. The van der Waals surface area contributed by atoms with E-state index >= 15 is 0 Å². The minimum atomic E-state index is -0.0492. The third kappa shape index (κ3) is 3.64. The molecule has 0 radical (unpaired) electrons. The molecule has 8 heteroatoms. The van der Waals surface area contributed by atoms with E-state index in [4.69, 9.17) is 0 Å². The van der Waals surface area contributed by atoms with E-state index in [0.717, 1.165) is 35.6 Å². The summed E-state index contributed by atoms with van der Waals surface area (Å²) < 4.78 is 1.66. The molecule has 0 atom stereocenters. The zero-order valence-electron chi connectivity index (χ0n) is 15.8. The largest absolute Gasteiger partial charge is 0.349 e. The third-order valence-corrected chi connectivity index (χ3v) is 4.67. The van der Waals surface area contributed by atoms with Crippen LogP contribution in [0.4, 0.5) is 11.5 Å². The van der Waals surface area contributed by atoms with E-state index in [-0.39, 0.29) is 5.91 Å². The summed E-state index contributed by atoms with van der Waals surface area (Å²) in [5.41, 5.74) is 3.05. The first kappa shape index (κ1) is 17.3. The number of nitrogens with zero attached hydrogens (tertiary/aromatic N) is 5. The molecule has 29 heavy (non-hydrogen) atoms. The van der Waals surface area contributed by atoms with Crippen LogP contribution in [0.1, 0.15) is 28.9 Å². The van der Waals surface area contributed by atoms with Crippen molar-refractivity contribution in [1.29, 1.82) is 0 Å². The van der Waals surface area contributed by atoms with Gasteiger partial charge in [-0.25, -0.2) is 4.98 Å². The number of rotatable bonds is 5. The molecule has 1 aliphatic carbocycles. The van der Waals surface area contributed by atoms with Gasteiger partial charge in [0.15, 0.2) is 5.82 Å². The Morgan fingerprint density at radius 2 is 2.03 bits per heavy atom. The number of anilines is 2. The summed E-state index contributed by atoms with van der Waals surface area (Å²) in [6, 6.07) is 13.4. The molecule has 0 spiro atoms. The number of hydrogen-bond acceptors (Lipinski definition) is 6. The van der Waals surface area contributed by atoms with Crippen LogP contribution in [-0.2, 0) is 0 Å². The van der Waals surface area contributed by atoms with E-state index < -0.39 is 0 Å². The highest BCUT2D eigenvalue weighted by atomic mass is 16.1. The predicted octanol–water partition coefficient (Wildman–Crippen LogP) is 3.13. The number of aromatic nitrogens is 5. The quantitative estimate of drug-likeness (QED) is 0.548. The molecule has 144 valence electrons. The second-order valence-electron chi connectivity index (χ2n) is 7.13. The van der Waals surface area contributed by atoms with E-state index in [9.17, 15) is 4.79 Å². The monoisotopic (exact) mass is 385 g/mol. The van der Waals surface area contributed by atoms with Crippen LogP contribution < -0.4 is 10.6 Å². The van der Waals surface area contributed by atoms with Crippen LogP contribution in [0.2, 0.25) is 0 Å². The Balaban J connectivity index is 1.48. The summed E-state index contributed by atoms with van der Waals surface area (Å²) in [6.45, 7) is 1.91. The van der Waals surface area contributed by atoms with Crippen molar-refractivity contribution in [2.75, 3.05) is 5.32 Å². The normalized spacial score (nSPS) is 13.4. The van der Waals surface area contributed by atoms with Gasteiger partial charge in [0.05, 0.1) is 0 Å². The van der Waals surface area contributed by atoms with Gasteiger partial charge in [-0.2, -0.15) is 9.50 Å². The molecule has 0 aliphatic heterocycles. The summed E-state index contributed by atoms with van der Waals surface area (Å²) in [5, 5.41) is 10.9. The van der Waals surface area contributed by atoms with Crippen LogP contribution in [-0.4, -0.2) is 36.5 Å². The maximum Gasteiger partial charge on any atom is 0.254 e. The lowest BCUT2D eigenvalue weighted by Gasteiger charge is -2.10. The number of pyridine rings is 1. The van der Waals surface area contributed by atoms with Crippen LogP contribution in [0.3, 0.4) is 0 Å². The fourth-order valence-electron chi connectivity index (χ4n) is 3.08. The second-order valence-corrected chi connectivity index (χ2v) is 7.13. The zero-order valence-corrected chi connectivity index (χ0v) is 15.8. The minimum absolute atomic E-state index is 0.0492. The maximum atomic E-state index is 12.3. The van der Waals surface area contributed by atoms with Crippen molar-refractivity contribution in [2.45, 2.75) is 25.8 Å². The van der Waals surface area contributed by atoms with Gasteiger partial charge in [-0.15, -0.1) is 5.10 Å². The number of amides is 1. The van der Waals surface area contributed by atoms with Crippen molar-refractivity contribution in [1.82, 2.24) is 29.9 Å². The number of hydrogen-bond donors (Lipinski definition) is 2. The van der Waals surface area contributed by atoms with E-state index in [0.29, 0.717) is 23.2 Å². The van der Waals surface area contributed by atoms with Crippen LogP contribution in [0.15, 0.2) is 54.9 Å². The molecule has 0 saturated heterocycles. The first-order valence-corrected chi connectivity index (χ1v) is 9.48. The van der Waals surface area contributed by atoms with Crippen molar-refractivity contribution in [3.8, 4) is 11.4 Å². The SMILES string of the molecule is Cc1cc(Nc2cccc(C(=O)NC3CC3)c2)n2nc(-c3cccnc3)nc2n1. The highest BCUT2D eigenvalue weighted by Gasteiger charge is 2.23. The van der Waals surface area contributed by atoms with Crippen molar-refractivity contribution >= 4 is 23.2 Å². The van der Waals surface area contributed by atoms with Gasteiger partial charge in [-0.05, 0) is 50.1 Å². The lowest BCUT2D eigenvalue weighted by molar-refractivity contribution is 0.0951. The molecule has 5 rings (SSSR count). The molecule has 0 bridgehead atoms. The summed E-state index contributed by atoms with van der Waals surface area (Å²) in [4.78, 5) is 25.5. The van der Waals surface area contributed by atoms with Crippen LogP contribution >= 0.6 is 0 Å². The van der Waals surface area contributed by atoms with Crippen molar-refractivity contribution in [3.05, 3.63) is 66.1 Å². The Kier molecular flexibility index (Phi) is 4.16. The Bertz CT molecular complexity index is 1200. The molecule has 3 heterocycles. The number of aryl methyl sites for hydroxylation is 1. The van der Waals surface area contributed by atoms with E-state index in [2.05, 4.69) is 30.7 Å². The lowest BCUT2D eigenvalue weighted by Crippen LogP contribution is -2.25. The number of nitrogens with one attached hydrogen (secondary N) is 2. The number of fused-ring (bicyclic) bond motifs is 1. The first-order chi connectivity index (χ1) is 14.2. The van der Waals surface area contributed by atoms with Crippen molar-refractivity contribution in [2.24, 2.45) is 0 Å². The maximum absolute atomic E-state index is 12.3. The highest BCUT2D eigenvalue weighted by Crippen LogP contribution is 2.23. The van der Waals surface area contributed by atoms with Crippen LogP contribution in [0, 0.1) is 6.92 Å². The molecule has 1 fully saturated rings. The summed E-state index contributed by atoms with van der Waals surface area (Å²) in [7, 11) is 0. The first-order valence-electron chi connectivity index (χ1n) is 9.48. The van der Waals surface area contributed by atoms with Gasteiger partial charge in [0.2, 0.25) is 0 Å². The van der Waals surface area contributed by atoms with Gasteiger partial charge in [-0.3, -0.25) is 9.78 Å². The smallest absolute Gasteiger partial charge is 0.254 e. The Labute approximate surface area is 167 Å². The number of carbonyl (C=O) groups excluding carboxylic acids is 1. The number of carbonyl (C=O) groups is 1. The topological polar surface area (TPSA) is 97.1 Å². The minimum Gasteiger partial charge on any atom is -0.349 e. The van der Waals surface area contributed by atoms with Gasteiger partial charge < -0.3 is 10.6 Å². The second kappa shape index (κ2) is 6.97. The molecule has 1 aliphatic rings. The summed E-state index contributed by atoms with van der Waals surface area (Å²) >= 11 is 0. The standard InChI is InChI=1S/C21H19N7O/c1-13-10-18(24-17-6-2-4-14(11-17)20(29)25-16-7-8-16)28-21(23-13)26-19(27-28)15-5-3-9-22-12-15/h2-6,9-12,16,24H,7-8H2,1H3,(H,25,29). The van der Waals surface area contributed by atoms with Crippen molar-refractivity contribution in [3.63, 3.8) is 0 Å². The fourth-order valence-corrected chi connectivity index (χ4v) is 3.08. The molecule has 8 nitrogen and oxygen atoms in total. The number of benzene rings is 1. The van der Waals surface area contributed by atoms with Gasteiger partial charge in [0, 0.05) is 47.0 Å². The highest BCUT2D eigenvalue weighted by molar-refractivity contribution is 5.95. The molecular weight excluding hydrogens is 366 g/mol. The molecule has 1 saturated carbocycles. The van der Waals surface area contributed by atoms with Gasteiger partial charge in [0.1, 0.15) is 5.82 Å². The van der Waals surface area contributed by atoms with E-state index in [1.807, 2.05) is 49.4 Å². The van der Waals surface area contributed by atoms with Gasteiger partial charge in [-0.1, -0.05) is 6.07 Å². The van der Waals surface area contributed by atoms with Crippen LogP contribution in [0.5, 0.6) is 0 Å². The molecular formula is C21H19N7O. The fraction of sp³-hybridized carbons (Fsp3) is 0.190. The molecule has 4 aromatic rings. The zero-order chi connectivity index (χ0) is 19.8. The molecule has 0 unspecified atom stereocenters. The average molecular weight is 385 g/mol. The van der Waals surface area contributed by atoms with E-state index in [1.165, 1.54) is 0 Å². The Morgan fingerprint density at radius 3 is 2.83 bits per heavy atom. The van der Waals surface area contributed by atoms with E-state index in [1.54, 1.807) is 16.9 Å². The molecule has 2 N–H and O–H groups in total.